The van der Waals surface area contributed by atoms with Gasteiger partial charge in [-0.2, -0.15) is 0 Å². The van der Waals surface area contributed by atoms with Crippen molar-refractivity contribution in [3.8, 4) is 5.75 Å². The first-order valence-corrected chi connectivity index (χ1v) is 8.17. The molecule has 1 aromatic carbocycles. The summed E-state index contributed by atoms with van der Waals surface area (Å²) in [4.78, 5) is 33.7. The Kier molecular flexibility index (Phi) is 3.96. The zero-order valence-electron chi connectivity index (χ0n) is 13.8. The minimum Gasteiger partial charge on any atom is -0.487 e. The lowest BCUT2D eigenvalue weighted by atomic mass is 10.1. The highest BCUT2D eigenvalue weighted by Crippen LogP contribution is 2.23. The van der Waals surface area contributed by atoms with Gasteiger partial charge < -0.3 is 15.4 Å². The summed E-state index contributed by atoms with van der Waals surface area (Å²) in [7, 11) is 0. The normalized spacial score (nSPS) is 14.1. The highest BCUT2D eigenvalue weighted by molar-refractivity contribution is 6.05. The van der Waals surface area contributed by atoms with Crippen LogP contribution in [-0.2, 0) is 0 Å². The molecule has 1 fully saturated rings. The van der Waals surface area contributed by atoms with Gasteiger partial charge in [0.15, 0.2) is 0 Å². The number of rotatable bonds is 4. The summed E-state index contributed by atoms with van der Waals surface area (Å²) < 4.78 is 5.78. The Morgan fingerprint density at radius 1 is 1.08 bits per heavy atom. The van der Waals surface area contributed by atoms with Gasteiger partial charge >= 0.3 is 0 Å². The third-order valence-electron chi connectivity index (χ3n) is 4.30. The summed E-state index contributed by atoms with van der Waals surface area (Å²) >= 11 is 0. The number of pyridine rings is 2. The monoisotopic (exact) mass is 348 g/mol. The minimum atomic E-state index is -0.608. The molecule has 7 nitrogen and oxygen atoms in total. The van der Waals surface area contributed by atoms with E-state index in [0.29, 0.717) is 24.5 Å². The lowest BCUT2D eigenvalue weighted by molar-refractivity contribution is 0.0174. The fourth-order valence-electron chi connectivity index (χ4n) is 2.93. The number of hydrogen-bond donors (Lipinski definition) is 1. The molecule has 26 heavy (non-hydrogen) atoms. The van der Waals surface area contributed by atoms with E-state index in [0.717, 1.165) is 10.8 Å². The van der Waals surface area contributed by atoms with Crippen molar-refractivity contribution in [1.29, 1.82) is 0 Å². The largest absolute Gasteiger partial charge is 0.487 e. The van der Waals surface area contributed by atoms with Gasteiger partial charge in [-0.05, 0) is 17.5 Å². The smallest absolute Gasteiger partial charge is 0.273 e. The molecule has 3 aromatic rings. The Morgan fingerprint density at radius 2 is 1.85 bits per heavy atom. The number of carbonyl (C=O) groups excluding carboxylic acids is 2. The van der Waals surface area contributed by atoms with Crippen LogP contribution in [0.5, 0.6) is 5.75 Å². The Bertz CT molecular complexity index is 994. The molecule has 0 radical (unpaired) electrons. The maximum absolute atomic E-state index is 12.7. The Morgan fingerprint density at radius 3 is 2.65 bits per heavy atom. The summed E-state index contributed by atoms with van der Waals surface area (Å²) in [6.45, 7) is 0.913. The van der Waals surface area contributed by atoms with Gasteiger partial charge in [-0.15, -0.1) is 0 Å². The van der Waals surface area contributed by atoms with Gasteiger partial charge in [0.05, 0.1) is 13.1 Å². The Labute approximate surface area is 149 Å². The summed E-state index contributed by atoms with van der Waals surface area (Å²) in [6.07, 6.45) is 2.97. The summed E-state index contributed by atoms with van der Waals surface area (Å²) in [5, 5.41) is 1.82. The van der Waals surface area contributed by atoms with E-state index >= 15 is 0 Å². The number of benzene rings is 1. The van der Waals surface area contributed by atoms with Crippen molar-refractivity contribution in [2.45, 2.75) is 6.10 Å². The first-order valence-electron chi connectivity index (χ1n) is 8.17. The first-order chi connectivity index (χ1) is 12.6. The second-order valence-corrected chi connectivity index (χ2v) is 6.07. The number of amides is 2. The number of ether oxygens (including phenoxy) is 1. The maximum atomic E-state index is 12.7. The average molecular weight is 348 g/mol. The summed E-state index contributed by atoms with van der Waals surface area (Å²) in [5.41, 5.74) is 5.81. The van der Waals surface area contributed by atoms with E-state index in [1.165, 1.54) is 12.3 Å². The molecule has 0 spiro atoms. The summed E-state index contributed by atoms with van der Waals surface area (Å²) in [5.74, 6) is -0.216. The van der Waals surface area contributed by atoms with E-state index in [1.807, 2.05) is 30.3 Å². The number of likely N-dealkylation sites (tertiary alicyclic amines) is 1. The van der Waals surface area contributed by atoms with Crippen LogP contribution in [0.1, 0.15) is 21.0 Å². The van der Waals surface area contributed by atoms with Crippen molar-refractivity contribution in [2.75, 3.05) is 13.1 Å². The minimum absolute atomic E-state index is 0.116. The molecule has 3 heterocycles. The van der Waals surface area contributed by atoms with Crippen LogP contribution >= 0.6 is 0 Å². The quantitative estimate of drug-likeness (QED) is 0.773. The standard InChI is InChI=1S/C19H16N4O3/c20-18(24)16-9-13(6-8-21-16)26-14-10-23(11-14)19(25)17-15-4-2-1-3-12(15)5-7-22-17/h1-9,14H,10-11H2,(H2,20,24). The van der Waals surface area contributed by atoms with E-state index in [2.05, 4.69) is 9.97 Å². The predicted molar refractivity (Wildman–Crippen MR) is 94.8 cm³/mol. The lowest BCUT2D eigenvalue weighted by Gasteiger charge is -2.38. The molecule has 4 rings (SSSR count). The zero-order valence-corrected chi connectivity index (χ0v) is 13.8. The topological polar surface area (TPSA) is 98.4 Å². The second-order valence-electron chi connectivity index (χ2n) is 6.07. The van der Waals surface area contributed by atoms with Crippen molar-refractivity contribution in [1.82, 2.24) is 14.9 Å². The molecule has 0 aliphatic carbocycles. The molecule has 2 N–H and O–H groups in total. The van der Waals surface area contributed by atoms with Crippen molar-refractivity contribution in [2.24, 2.45) is 5.73 Å². The number of aromatic nitrogens is 2. The van der Waals surface area contributed by atoms with Gasteiger partial charge in [0, 0.05) is 23.8 Å². The van der Waals surface area contributed by atoms with Crippen LogP contribution < -0.4 is 10.5 Å². The number of nitrogens with two attached hydrogens (primary N) is 1. The molecular formula is C19H16N4O3. The van der Waals surface area contributed by atoms with E-state index in [1.54, 1.807) is 17.2 Å². The van der Waals surface area contributed by atoms with Crippen molar-refractivity contribution in [3.05, 3.63) is 66.2 Å². The molecule has 0 bridgehead atoms. The Balaban J connectivity index is 1.44. The molecule has 1 aliphatic heterocycles. The van der Waals surface area contributed by atoms with Crippen LogP contribution in [0.3, 0.4) is 0 Å². The number of carbonyl (C=O) groups is 2. The van der Waals surface area contributed by atoms with Crippen molar-refractivity contribution >= 4 is 22.6 Å². The predicted octanol–water partition coefficient (Wildman–Crippen LogP) is 1.63. The lowest BCUT2D eigenvalue weighted by Crippen LogP contribution is -2.56. The van der Waals surface area contributed by atoms with Crippen LogP contribution in [0.4, 0.5) is 0 Å². The van der Waals surface area contributed by atoms with Crippen LogP contribution in [-0.4, -0.2) is 45.9 Å². The SMILES string of the molecule is NC(=O)c1cc(OC2CN(C(=O)c3nccc4ccccc34)C2)ccn1. The Hall–Kier alpha value is -3.48. The number of nitrogens with zero attached hydrogens (tertiary/aromatic N) is 3. The van der Waals surface area contributed by atoms with Crippen LogP contribution in [0.2, 0.25) is 0 Å². The summed E-state index contributed by atoms with van der Waals surface area (Å²) in [6, 6.07) is 12.7. The molecule has 0 atom stereocenters. The van der Waals surface area contributed by atoms with Crippen LogP contribution in [0, 0.1) is 0 Å². The highest BCUT2D eigenvalue weighted by Gasteiger charge is 2.34. The molecule has 1 saturated heterocycles. The molecular weight excluding hydrogens is 332 g/mol. The molecule has 2 aromatic heterocycles. The fraction of sp³-hybridized carbons (Fsp3) is 0.158. The second kappa shape index (κ2) is 6.44. The van der Waals surface area contributed by atoms with Crippen molar-refractivity contribution in [3.63, 3.8) is 0 Å². The number of fused-ring (bicyclic) bond motifs is 1. The third kappa shape index (κ3) is 2.95. The van der Waals surface area contributed by atoms with E-state index < -0.39 is 5.91 Å². The van der Waals surface area contributed by atoms with Crippen molar-refractivity contribution < 1.29 is 14.3 Å². The zero-order chi connectivity index (χ0) is 18.1. The number of hydrogen-bond acceptors (Lipinski definition) is 5. The molecule has 2 amide bonds. The fourth-order valence-corrected chi connectivity index (χ4v) is 2.93. The van der Waals surface area contributed by atoms with E-state index in [4.69, 9.17) is 10.5 Å². The van der Waals surface area contributed by atoms with Gasteiger partial charge in [-0.1, -0.05) is 24.3 Å². The van der Waals surface area contributed by atoms with Crippen LogP contribution in [0.25, 0.3) is 10.8 Å². The molecule has 1 aliphatic rings. The molecule has 0 unspecified atom stereocenters. The first kappa shape index (κ1) is 16.0. The molecule has 130 valence electrons. The van der Waals surface area contributed by atoms with E-state index in [-0.39, 0.29) is 17.7 Å². The van der Waals surface area contributed by atoms with Gasteiger partial charge in [0.25, 0.3) is 11.8 Å². The van der Waals surface area contributed by atoms with Gasteiger partial charge in [-0.3, -0.25) is 19.6 Å². The molecule has 0 saturated carbocycles. The average Bonchev–Trinajstić information content (AvgIpc) is 2.63. The van der Waals surface area contributed by atoms with Gasteiger partial charge in [0.1, 0.15) is 23.2 Å². The van der Waals surface area contributed by atoms with Crippen LogP contribution in [0.15, 0.2) is 54.9 Å². The number of primary amides is 1. The highest BCUT2D eigenvalue weighted by atomic mass is 16.5. The molecule has 7 heteroatoms. The third-order valence-corrected chi connectivity index (χ3v) is 4.30. The maximum Gasteiger partial charge on any atom is 0.273 e. The van der Waals surface area contributed by atoms with Gasteiger partial charge in [0.2, 0.25) is 0 Å². The van der Waals surface area contributed by atoms with E-state index in [9.17, 15) is 9.59 Å². The van der Waals surface area contributed by atoms with Gasteiger partial charge in [-0.25, -0.2) is 0 Å².